The Morgan fingerprint density at radius 2 is 1.49 bits per heavy atom. The first kappa shape index (κ1) is 39.7. The van der Waals surface area contributed by atoms with E-state index in [0.717, 1.165) is 0 Å². The van der Waals surface area contributed by atoms with Gasteiger partial charge in [-0.2, -0.15) is 23.3 Å². The summed E-state index contributed by atoms with van der Waals surface area (Å²) in [7, 11) is 0. The van der Waals surface area contributed by atoms with Gasteiger partial charge >= 0.3 is 41.9 Å². The fourth-order valence-corrected chi connectivity index (χ4v) is 6.72. The molecule has 1 aliphatic carbocycles. The van der Waals surface area contributed by atoms with Crippen molar-refractivity contribution in [2.24, 2.45) is 5.92 Å². The van der Waals surface area contributed by atoms with Crippen molar-refractivity contribution in [1.29, 1.82) is 0 Å². The van der Waals surface area contributed by atoms with E-state index >= 15 is 0 Å². The summed E-state index contributed by atoms with van der Waals surface area (Å²) in [5.41, 5.74) is 12.7. The van der Waals surface area contributed by atoms with E-state index in [1.54, 1.807) is 23.3 Å². The molecule has 0 N–H and O–H groups in total. The summed E-state index contributed by atoms with van der Waals surface area (Å²) in [6.07, 6.45) is 5.90. The third-order valence-corrected chi connectivity index (χ3v) is 8.96. The van der Waals surface area contributed by atoms with Gasteiger partial charge in [0.25, 0.3) is 0 Å². The van der Waals surface area contributed by atoms with Crippen LogP contribution in [0.4, 0.5) is 0 Å². The Morgan fingerprint density at radius 3 is 2.04 bits per heavy atom. The third kappa shape index (κ3) is 10.0. The van der Waals surface area contributed by atoms with E-state index < -0.39 is 0 Å². The Kier molecular flexibility index (Phi) is 15.1. The van der Waals surface area contributed by atoms with E-state index in [2.05, 4.69) is 159 Å². The summed E-state index contributed by atoms with van der Waals surface area (Å²) >= 11 is 3.68. The van der Waals surface area contributed by atoms with Gasteiger partial charge in [-0.15, -0.1) is 50.7 Å². The van der Waals surface area contributed by atoms with E-state index in [4.69, 9.17) is 0 Å². The Bertz CT molecular complexity index is 1700. The van der Waals surface area contributed by atoms with Gasteiger partial charge in [-0.05, 0) is 34.9 Å². The van der Waals surface area contributed by atoms with Crippen LogP contribution in [0.3, 0.4) is 0 Å². The largest absolute Gasteiger partial charge is 1.00 e. The number of hydrogen-bond acceptors (Lipinski definition) is 1. The van der Waals surface area contributed by atoms with Crippen LogP contribution in [0.5, 0.6) is 0 Å². The maximum atomic E-state index is 3.57. The standard InChI is InChI=1S/C21H23.C17H17S.C2H6Si.2ClH.Zr/c1-14-12-19-15(2)6-11-18(20(19)13-14)16-7-9-17(10-8-16)21(3,4)5;1-11(2)14-9-15-16(10-14)18-12(3)17(15)13-7-5-4-6-8-13;1-3-2;;;/h6-13H,1-5H3;4-9,11-12H,1-3H3;1-2H3;2*1H;/q2*-1;;;;+2/p-2. The minimum Gasteiger partial charge on any atom is -1.00 e. The van der Waals surface area contributed by atoms with Gasteiger partial charge < -0.3 is 24.8 Å². The minimum absolute atomic E-state index is 0. The Labute approximate surface area is 304 Å². The second kappa shape index (κ2) is 17.1. The van der Waals surface area contributed by atoms with Crippen molar-refractivity contribution in [3.05, 3.63) is 129 Å². The molecule has 1 unspecified atom stereocenters. The summed E-state index contributed by atoms with van der Waals surface area (Å²) in [6.45, 7) is 22.5. The summed E-state index contributed by atoms with van der Waals surface area (Å²) in [6, 6.07) is 28.8. The Hall–Kier alpha value is -1.48. The van der Waals surface area contributed by atoms with Crippen LogP contribution in [0, 0.1) is 25.8 Å². The molecule has 0 amide bonds. The first-order valence-corrected chi connectivity index (χ1v) is 22.4. The predicted octanol–water partition coefficient (Wildman–Crippen LogP) is 5.79. The molecule has 45 heavy (non-hydrogen) atoms. The van der Waals surface area contributed by atoms with Crippen LogP contribution in [0.2, 0.25) is 13.1 Å². The van der Waals surface area contributed by atoms with Crippen molar-refractivity contribution in [3.63, 3.8) is 0 Å². The van der Waals surface area contributed by atoms with Gasteiger partial charge in [0.2, 0.25) is 0 Å². The number of allylic oxidation sites excluding steroid dienone is 4. The maximum absolute atomic E-state index is 3.57. The number of thioether (sulfide) groups is 1. The molecular formula is C40H46Cl2SSiZr-2. The second-order valence-electron chi connectivity index (χ2n) is 13.3. The first-order chi connectivity index (χ1) is 20.3. The smallest absolute Gasteiger partial charge is 0.0132 e. The molecule has 0 saturated carbocycles. The SMILES string of the molecule is CC(C)C1=CC2=C(c3ccccc3)C(C)SC2=[C-]1.C[Si](C)=[Zr+2].Cc1cc2c(-c3ccc(C(C)(C)C)cc3)ccc(C)c2[cH-]1.[Cl-].[Cl-]. The zero-order valence-electron chi connectivity index (χ0n) is 28.4. The molecular weight excluding hydrogens is 703 g/mol. The van der Waals surface area contributed by atoms with Crippen molar-refractivity contribution in [1.82, 2.24) is 0 Å². The number of aryl methyl sites for hydroxylation is 2. The number of hydrogen-bond donors (Lipinski definition) is 0. The van der Waals surface area contributed by atoms with E-state index in [1.807, 2.05) is 11.8 Å². The first-order valence-electron chi connectivity index (χ1n) is 15.4. The molecule has 0 saturated heterocycles. The topological polar surface area (TPSA) is 0 Å². The van der Waals surface area contributed by atoms with Gasteiger partial charge in [0.1, 0.15) is 0 Å². The second-order valence-corrected chi connectivity index (χ2v) is 24.0. The average Bonchev–Trinajstić information content (AvgIpc) is 3.61. The van der Waals surface area contributed by atoms with E-state index in [9.17, 15) is 0 Å². The monoisotopic (exact) mass is 746 g/mol. The van der Waals surface area contributed by atoms with Gasteiger partial charge in [-0.1, -0.05) is 120 Å². The van der Waals surface area contributed by atoms with Gasteiger partial charge in [0.15, 0.2) is 0 Å². The van der Waals surface area contributed by atoms with Gasteiger partial charge in [-0.3, -0.25) is 0 Å². The van der Waals surface area contributed by atoms with E-state index in [0.29, 0.717) is 11.2 Å². The molecule has 5 heteroatoms. The summed E-state index contributed by atoms with van der Waals surface area (Å²) < 4.78 is 0. The van der Waals surface area contributed by atoms with Crippen LogP contribution in [-0.2, 0) is 28.8 Å². The van der Waals surface area contributed by atoms with Crippen LogP contribution in [0.25, 0.3) is 27.5 Å². The van der Waals surface area contributed by atoms with Crippen molar-refractivity contribution in [2.75, 3.05) is 0 Å². The number of rotatable bonds is 3. The molecule has 0 radical (unpaired) electrons. The van der Waals surface area contributed by atoms with Crippen molar-refractivity contribution >= 4 is 33.5 Å². The van der Waals surface area contributed by atoms with Crippen molar-refractivity contribution in [2.45, 2.75) is 79.1 Å². The van der Waals surface area contributed by atoms with Crippen LogP contribution in [0.1, 0.15) is 63.8 Å². The van der Waals surface area contributed by atoms with Crippen LogP contribution >= 0.6 is 11.8 Å². The number of halogens is 2. The van der Waals surface area contributed by atoms with Crippen LogP contribution < -0.4 is 24.8 Å². The molecule has 1 heterocycles. The van der Waals surface area contributed by atoms with Crippen molar-refractivity contribution in [3.8, 4) is 11.1 Å². The summed E-state index contributed by atoms with van der Waals surface area (Å²) in [4.78, 5) is 1.34. The van der Waals surface area contributed by atoms with Crippen LogP contribution in [-0.4, -0.2) is 10.7 Å². The molecule has 0 bridgehead atoms. The molecule has 0 aromatic heterocycles. The summed E-state index contributed by atoms with van der Waals surface area (Å²) in [5.74, 6) is 0.559. The molecule has 236 valence electrons. The number of fused-ring (bicyclic) bond motifs is 2. The molecule has 4 aromatic rings. The Morgan fingerprint density at radius 1 is 0.889 bits per heavy atom. The zero-order chi connectivity index (χ0) is 31.5. The fourth-order valence-electron chi connectivity index (χ4n) is 5.51. The minimum atomic E-state index is 0. The molecule has 0 spiro atoms. The van der Waals surface area contributed by atoms with Crippen molar-refractivity contribution < 1.29 is 48.1 Å². The molecule has 0 fully saturated rings. The normalized spacial score (nSPS) is 15.2. The fraction of sp³-hybridized carbons (Fsp3) is 0.325. The molecule has 4 aromatic carbocycles. The number of benzene rings is 3. The van der Waals surface area contributed by atoms with Crippen LogP contribution in [0.15, 0.2) is 101 Å². The van der Waals surface area contributed by atoms with Gasteiger partial charge in [-0.25, -0.2) is 6.08 Å². The quantitative estimate of drug-likeness (QED) is 0.189. The average molecular weight is 749 g/mol. The summed E-state index contributed by atoms with van der Waals surface area (Å²) in [5, 5.41) is 3.29. The third-order valence-electron chi connectivity index (χ3n) is 7.81. The molecule has 2 aliphatic rings. The Balaban J connectivity index is 0.000000272. The predicted molar refractivity (Wildman–Crippen MR) is 191 cm³/mol. The molecule has 6 rings (SSSR count). The molecule has 0 nitrogen and oxygen atoms in total. The maximum Gasteiger partial charge on any atom is -0.0132 e. The zero-order valence-corrected chi connectivity index (χ0v) is 34.2. The van der Waals surface area contributed by atoms with E-state index in [-0.39, 0.29) is 35.7 Å². The van der Waals surface area contributed by atoms with E-state index in [1.165, 1.54) is 65.8 Å². The van der Waals surface area contributed by atoms with Gasteiger partial charge in [0.05, 0.1) is 0 Å². The van der Waals surface area contributed by atoms with Gasteiger partial charge in [0, 0.05) is 5.25 Å². The molecule has 1 aliphatic heterocycles. The molecule has 1 atom stereocenters.